The normalized spacial score (nSPS) is 10.2. The molecule has 0 heterocycles. The average molecular weight is 198 g/mol. The third-order valence-corrected chi connectivity index (χ3v) is 2.11. The van der Waals surface area contributed by atoms with Gasteiger partial charge in [-0.15, -0.1) is 0 Å². The van der Waals surface area contributed by atoms with E-state index in [0.29, 0.717) is 17.7 Å². The molecule has 1 N–H and O–H groups in total. The molecule has 0 amide bonds. The van der Waals surface area contributed by atoms with Crippen molar-refractivity contribution in [2.24, 2.45) is 0 Å². The van der Waals surface area contributed by atoms with Gasteiger partial charge >= 0.3 is 0 Å². The minimum atomic E-state index is -0.518. The van der Waals surface area contributed by atoms with Gasteiger partial charge in [0.1, 0.15) is 12.4 Å². The van der Waals surface area contributed by atoms with Gasteiger partial charge in [-0.3, -0.25) is 0 Å². The summed E-state index contributed by atoms with van der Waals surface area (Å²) in [6.45, 7) is -0.354. The van der Waals surface area contributed by atoms with E-state index in [2.05, 4.69) is 0 Å². The second-order valence-corrected chi connectivity index (χ2v) is 3.11. The van der Waals surface area contributed by atoms with Crippen molar-refractivity contribution in [3.05, 3.63) is 29.3 Å². The summed E-state index contributed by atoms with van der Waals surface area (Å²) in [7, 11) is 1.53. The zero-order valence-corrected chi connectivity index (χ0v) is 8.29. The zero-order valence-electron chi connectivity index (χ0n) is 8.29. The lowest BCUT2D eigenvalue weighted by molar-refractivity contribution is 0.288. The van der Waals surface area contributed by atoms with Crippen molar-refractivity contribution in [3.63, 3.8) is 0 Å². The zero-order chi connectivity index (χ0) is 10.4. The smallest absolute Gasteiger partial charge is 0.124 e. The van der Waals surface area contributed by atoms with Crippen LogP contribution in [0, 0.1) is 0 Å². The van der Waals surface area contributed by atoms with Crippen LogP contribution in [0.2, 0.25) is 0 Å². The largest absolute Gasteiger partial charge is 0.496 e. The molecular weight excluding hydrogens is 183 g/mol. The predicted octanol–water partition coefficient (Wildman–Crippen LogP) is 2.09. The van der Waals surface area contributed by atoms with Crippen molar-refractivity contribution in [2.45, 2.75) is 19.5 Å². The quantitative estimate of drug-likeness (QED) is 0.785. The van der Waals surface area contributed by atoms with Crippen LogP contribution < -0.4 is 4.74 Å². The molecule has 1 aromatic rings. The van der Waals surface area contributed by atoms with Crippen LogP contribution in [0.1, 0.15) is 17.5 Å². The van der Waals surface area contributed by atoms with Crippen molar-refractivity contribution >= 4 is 0 Å². The average Bonchev–Trinajstić information content (AvgIpc) is 2.25. The first-order valence-electron chi connectivity index (χ1n) is 4.64. The Morgan fingerprint density at radius 1 is 1.43 bits per heavy atom. The topological polar surface area (TPSA) is 29.5 Å². The number of methoxy groups -OCH3 is 1. The number of hydrogen-bond acceptors (Lipinski definition) is 2. The fraction of sp³-hybridized carbons (Fsp3) is 0.455. The molecule has 0 aliphatic heterocycles. The number of aryl methyl sites for hydroxylation is 1. The van der Waals surface area contributed by atoms with Crippen LogP contribution in [0.3, 0.4) is 0 Å². The number of benzene rings is 1. The van der Waals surface area contributed by atoms with Crippen LogP contribution >= 0.6 is 0 Å². The molecule has 78 valence electrons. The van der Waals surface area contributed by atoms with Crippen LogP contribution in [0.15, 0.2) is 18.2 Å². The monoisotopic (exact) mass is 198 g/mol. The van der Waals surface area contributed by atoms with Crippen LogP contribution in [0.4, 0.5) is 4.39 Å². The molecule has 0 saturated heterocycles. The number of halogens is 1. The van der Waals surface area contributed by atoms with Crippen LogP contribution in [-0.4, -0.2) is 18.8 Å². The van der Waals surface area contributed by atoms with E-state index in [0.717, 1.165) is 12.0 Å². The lowest BCUT2D eigenvalue weighted by atomic mass is 10.1. The van der Waals surface area contributed by atoms with Crippen LogP contribution in [0.25, 0.3) is 0 Å². The summed E-state index contributed by atoms with van der Waals surface area (Å²) in [5.74, 6) is 0.584. The van der Waals surface area contributed by atoms with Crippen LogP contribution in [-0.2, 0) is 13.1 Å². The van der Waals surface area contributed by atoms with E-state index in [1.807, 2.05) is 6.07 Å². The third kappa shape index (κ3) is 2.70. The fourth-order valence-corrected chi connectivity index (χ4v) is 1.38. The Bertz CT molecular complexity index is 287. The highest BCUT2D eigenvalue weighted by Gasteiger charge is 2.03. The lowest BCUT2D eigenvalue weighted by Gasteiger charge is -2.07. The van der Waals surface area contributed by atoms with Crippen molar-refractivity contribution in [3.8, 4) is 5.75 Å². The molecule has 0 unspecified atom stereocenters. The third-order valence-electron chi connectivity index (χ3n) is 2.11. The molecule has 1 rings (SSSR count). The van der Waals surface area contributed by atoms with E-state index in [4.69, 9.17) is 9.84 Å². The van der Waals surface area contributed by atoms with Gasteiger partial charge in [0.05, 0.1) is 7.11 Å². The van der Waals surface area contributed by atoms with Gasteiger partial charge in [0.2, 0.25) is 0 Å². The van der Waals surface area contributed by atoms with E-state index in [1.54, 1.807) is 12.1 Å². The van der Waals surface area contributed by atoms with Gasteiger partial charge in [0, 0.05) is 12.2 Å². The molecule has 0 spiro atoms. The van der Waals surface area contributed by atoms with E-state index >= 15 is 0 Å². The highest BCUT2D eigenvalue weighted by molar-refractivity contribution is 5.36. The van der Waals surface area contributed by atoms with Gasteiger partial charge in [-0.1, -0.05) is 6.07 Å². The van der Waals surface area contributed by atoms with Gasteiger partial charge in [-0.05, 0) is 30.5 Å². The summed E-state index contributed by atoms with van der Waals surface area (Å²) in [6.07, 6.45) is 1.48. The molecule has 0 aromatic heterocycles. The second-order valence-electron chi connectivity index (χ2n) is 3.11. The van der Waals surface area contributed by atoms with Gasteiger partial charge in [-0.2, -0.15) is 0 Å². The summed E-state index contributed by atoms with van der Waals surface area (Å²) in [4.78, 5) is 0. The SMILES string of the molecule is COc1ccc(CCCO)cc1CF. The minimum Gasteiger partial charge on any atom is -0.496 e. The molecule has 0 saturated carbocycles. The number of alkyl halides is 1. The Kier molecular flexibility index (Phi) is 4.40. The molecular formula is C11H15FO2. The predicted molar refractivity (Wildman–Crippen MR) is 53.2 cm³/mol. The maximum Gasteiger partial charge on any atom is 0.124 e. The van der Waals surface area contributed by atoms with Gasteiger partial charge in [-0.25, -0.2) is 4.39 Å². The van der Waals surface area contributed by atoms with E-state index < -0.39 is 6.67 Å². The molecule has 1 aromatic carbocycles. The summed E-state index contributed by atoms with van der Waals surface area (Å²) in [6, 6.07) is 5.45. The maximum atomic E-state index is 12.5. The first kappa shape index (κ1) is 11.0. The first-order valence-corrected chi connectivity index (χ1v) is 4.64. The summed E-state index contributed by atoms with van der Waals surface area (Å²) in [5.41, 5.74) is 1.61. The van der Waals surface area contributed by atoms with E-state index in [9.17, 15) is 4.39 Å². The Labute approximate surface area is 83.3 Å². The molecule has 0 radical (unpaired) electrons. The Balaban J connectivity index is 2.79. The number of aliphatic hydroxyl groups excluding tert-OH is 1. The number of aliphatic hydroxyl groups is 1. The first-order chi connectivity index (χ1) is 6.81. The summed E-state index contributed by atoms with van der Waals surface area (Å²) < 4.78 is 17.6. The fourth-order valence-electron chi connectivity index (χ4n) is 1.38. The second kappa shape index (κ2) is 5.60. The Hall–Kier alpha value is -1.09. The number of hydrogen-bond donors (Lipinski definition) is 1. The van der Waals surface area contributed by atoms with Gasteiger partial charge in [0.25, 0.3) is 0 Å². The lowest BCUT2D eigenvalue weighted by Crippen LogP contribution is -1.94. The maximum absolute atomic E-state index is 12.5. The molecule has 0 atom stereocenters. The highest BCUT2D eigenvalue weighted by atomic mass is 19.1. The molecule has 0 fully saturated rings. The molecule has 0 aliphatic rings. The van der Waals surface area contributed by atoms with E-state index in [-0.39, 0.29) is 6.61 Å². The van der Waals surface area contributed by atoms with Gasteiger partial charge < -0.3 is 9.84 Å². The summed E-state index contributed by atoms with van der Waals surface area (Å²) >= 11 is 0. The van der Waals surface area contributed by atoms with Crippen molar-refractivity contribution < 1.29 is 14.2 Å². The Morgan fingerprint density at radius 3 is 2.79 bits per heavy atom. The van der Waals surface area contributed by atoms with Gasteiger partial charge in [0.15, 0.2) is 0 Å². The standard InChI is InChI=1S/C11H15FO2/c1-14-11-5-4-9(3-2-6-13)7-10(11)8-12/h4-5,7,13H,2-3,6,8H2,1H3. The molecule has 3 heteroatoms. The summed E-state index contributed by atoms with van der Waals surface area (Å²) in [5, 5.41) is 8.66. The molecule has 0 aliphatic carbocycles. The minimum absolute atomic E-state index is 0.164. The highest BCUT2D eigenvalue weighted by Crippen LogP contribution is 2.21. The number of ether oxygens (including phenoxy) is 1. The van der Waals surface area contributed by atoms with Crippen LogP contribution in [0.5, 0.6) is 5.75 Å². The molecule has 14 heavy (non-hydrogen) atoms. The Morgan fingerprint density at radius 2 is 2.21 bits per heavy atom. The van der Waals surface area contributed by atoms with E-state index in [1.165, 1.54) is 7.11 Å². The molecule has 2 nitrogen and oxygen atoms in total. The number of rotatable bonds is 5. The van der Waals surface area contributed by atoms with Crippen molar-refractivity contribution in [2.75, 3.05) is 13.7 Å². The van der Waals surface area contributed by atoms with Crippen molar-refractivity contribution in [1.82, 2.24) is 0 Å². The molecule has 0 bridgehead atoms. The van der Waals surface area contributed by atoms with Crippen molar-refractivity contribution in [1.29, 1.82) is 0 Å².